The van der Waals surface area contributed by atoms with Crippen molar-refractivity contribution in [3.63, 3.8) is 0 Å². The molecule has 3 nitrogen and oxygen atoms in total. The zero-order valence-electron chi connectivity index (χ0n) is 11.6. The molecule has 0 bridgehead atoms. The molecular weight excluding hydrogens is 250 g/mol. The molecule has 0 saturated carbocycles. The van der Waals surface area contributed by atoms with Crippen LogP contribution in [0.15, 0.2) is 24.3 Å². The van der Waals surface area contributed by atoms with Gasteiger partial charge in [-0.2, -0.15) is 0 Å². The maximum Gasteiger partial charge on any atom is 0.161 e. The minimum absolute atomic E-state index is 0.0221. The Kier molecular flexibility index (Phi) is 5.76. The molecule has 0 saturated heterocycles. The second-order valence-corrected chi connectivity index (χ2v) is 5.13. The summed E-state index contributed by atoms with van der Waals surface area (Å²) in [6.45, 7) is 5.65. The lowest BCUT2D eigenvalue weighted by atomic mass is 10.1. The largest absolute Gasteiger partial charge is 0.493 e. The smallest absolute Gasteiger partial charge is 0.161 e. The molecule has 0 aliphatic rings. The number of likely N-dealkylation sites (N-methyl/N-ethyl adjacent to an activating group) is 1. The molecule has 0 radical (unpaired) electrons. The van der Waals surface area contributed by atoms with Gasteiger partial charge in [-0.15, -0.1) is 11.6 Å². The zero-order chi connectivity index (χ0) is 13.6. The molecule has 102 valence electrons. The van der Waals surface area contributed by atoms with E-state index in [0.717, 1.165) is 18.0 Å². The predicted octanol–water partition coefficient (Wildman–Crippen LogP) is 3.02. The number of hydrogen-bond donors (Lipinski definition) is 0. The van der Waals surface area contributed by atoms with Gasteiger partial charge in [-0.3, -0.25) is 4.90 Å². The van der Waals surface area contributed by atoms with Crippen LogP contribution in [0, 0.1) is 0 Å². The maximum atomic E-state index is 5.93. The summed E-state index contributed by atoms with van der Waals surface area (Å²) in [7, 11) is 3.69. The molecule has 1 rings (SSSR count). The van der Waals surface area contributed by atoms with Crippen LogP contribution in [0.4, 0.5) is 0 Å². The van der Waals surface area contributed by atoms with Crippen LogP contribution in [-0.2, 0) is 0 Å². The van der Waals surface area contributed by atoms with Crippen LogP contribution in [0.25, 0.3) is 0 Å². The van der Waals surface area contributed by atoms with Crippen molar-refractivity contribution in [3.05, 3.63) is 24.3 Å². The highest BCUT2D eigenvalue weighted by Gasteiger charge is 2.21. The van der Waals surface area contributed by atoms with Gasteiger partial charge >= 0.3 is 0 Å². The van der Waals surface area contributed by atoms with Crippen LogP contribution in [0.5, 0.6) is 11.5 Å². The number of halogens is 1. The predicted molar refractivity (Wildman–Crippen MR) is 75.9 cm³/mol. The second-order valence-electron chi connectivity index (χ2n) is 4.87. The van der Waals surface area contributed by atoms with Gasteiger partial charge in [0.25, 0.3) is 0 Å². The van der Waals surface area contributed by atoms with Crippen molar-refractivity contribution in [1.29, 1.82) is 0 Å². The summed E-state index contributed by atoms with van der Waals surface area (Å²) >= 11 is 5.93. The number of methoxy groups -OCH3 is 1. The van der Waals surface area contributed by atoms with Gasteiger partial charge < -0.3 is 9.47 Å². The molecule has 0 amide bonds. The number of hydrogen-bond acceptors (Lipinski definition) is 3. The lowest BCUT2D eigenvalue weighted by Crippen LogP contribution is -2.44. The number of nitrogens with zero attached hydrogens (tertiary/aromatic N) is 1. The van der Waals surface area contributed by atoms with E-state index >= 15 is 0 Å². The van der Waals surface area contributed by atoms with Gasteiger partial charge in [-0.05, 0) is 33.0 Å². The fourth-order valence-corrected chi connectivity index (χ4v) is 1.64. The van der Waals surface area contributed by atoms with Gasteiger partial charge in [0, 0.05) is 18.0 Å². The molecule has 0 spiro atoms. The quantitative estimate of drug-likeness (QED) is 0.712. The summed E-state index contributed by atoms with van der Waals surface area (Å²) in [5, 5.41) is 0. The first kappa shape index (κ1) is 15.1. The Bertz CT molecular complexity index is 369. The van der Waals surface area contributed by atoms with Crippen molar-refractivity contribution in [1.82, 2.24) is 4.90 Å². The molecule has 0 unspecified atom stereocenters. The second kappa shape index (κ2) is 6.86. The normalized spacial score (nSPS) is 11.7. The van der Waals surface area contributed by atoms with Crippen molar-refractivity contribution in [3.8, 4) is 11.5 Å². The fraction of sp³-hybridized carbons (Fsp3) is 0.571. The van der Waals surface area contributed by atoms with E-state index in [9.17, 15) is 0 Å². The minimum atomic E-state index is -0.0221. The highest BCUT2D eigenvalue weighted by atomic mass is 35.5. The Labute approximate surface area is 115 Å². The average molecular weight is 272 g/mol. The summed E-state index contributed by atoms with van der Waals surface area (Å²) < 4.78 is 11.0. The third-order valence-corrected chi connectivity index (χ3v) is 3.77. The molecule has 0 heterocycles. The monoisotopic (exact) mass is 271 g/mol. The average Bonchev–Trinajstić information content (AvgIpc) is 2.39. The van der Waals surface area contributed by atoms with Crippen molar-refractivity contribution in [2.75, 3.05) is 33.2 Å². The SMILES string of the molecule is COc1ccccc1OCCN(C)C(C)(C)CCl. The van der Waals surface area contributed by atoms with E-state index < -0.39 is 0 Å². The molecule has 1 aromatic carbocycles. The first-order chi connectivity index (χ1) is 8.51. The van der Waals surface area contributed by atoms with Gasteiger partial charge in [-0.25, -0.2) is 0 Å². The molecular formula is C14H22ClNO2. The van der Waals surface area contributed by atoms with Gasteiger partial charge in [0.05, 0.1) is 7.11 Å². The number of rotatable bonds is 7. The molecule has 0 aliphatic carbocycles. The minimum Gasteiger partial charge on any atom is -0.493 e. The molecule has 0 atom stereocenters. The van der Waals surface area contributed by atoms with Gasteiger partial charge in [0.15, 0.2) is 11.5 Å². The van der Waals surface area contributed by atoms with Gasteiger partial charge in [0.1, 0.15) is 6.61 Å². The highest BCUT2D eigenvalue weighted by molar-refractivity contribution is 6.18. The molecule has 0 N–H and O–H groups in total. The van der Waals surface area contributed by atoms with E-state index in [0.29, 0.717) is 12.5 Å². The Hall–Kier alpha value is -0.930. The Morgan fingerprint density at radius 1 is 1.22 bits per heavy atom. The summed E-state index contributed by atoms with van der Waals surface area (Å²) in [6.07, 6.45) is 0. The molecule has 0 aliphatic heterocycles. The van der Waals surface area contributed by atoms with Gasteiger partial charge in [0.2, 0.25) is 0 Å². The third-order valence-electron chi connectivity index (χ3n) is 3.11. The van der Waals surface area contributed by atoms with Crippen LogP contribution >= 0.6 is 11.6 Å². The summed E-state index contributed by atoms with van der Waals surface area (Å²) in [5.41, 5.74) is -0.0221. The number of para-hydroxylation sites is 2. The van der Waals surface area contributed by atoms with Crippen LogP contribution in [-0.4, -0.2) is 43.6 Å². The van der Waals surface area contributed by atoms with Crippen LogP contribution < -0.4 is 9.47 Å². The number of benzene rings is 1. The Balaban J connectivity index is 2.47. The van der Waals surface area contributed by atoms with Crippen molar-refractivity contribution in [2.45, 2.75) is 19.4 Å². The molecule has 1 aromatic rings. The highest BCUT2D eigenvalue weighted by Crippen LogP contribution is 2.25. The lowest BCUT2D eigenvalue weighted by Gasteiger charge is -2.33. The van der Waals surface area contributed by atoms with E-state index in [1.165, 1.54) is 0 Å². The van der Waals surface area contributed by atoms with Crippen molar-refractivity contribution >= 4 is 11.6 Å². The Morgan fingerprint density at radius 3 is 2.39 bits per heavy atom. The van der Waals surface area contributed by atoms with Crippen molar-refractivity contribution < 1.29 is 9.47 Å². The van der Waals surface area contributed by atoms with E-state index in [2.05, 4.69) is 18.7 Å². The molecule has 0 fully saturated rings. The topological polar surface area (TPSA) is 21.7 Å². The number of alkyl halides is 1. The summed E-state index contributed by atoms with van der Waals surface area (Å²) in [6, 6.07) is 7.66. The van der Waals surface area contributed by atoms with Crippen LogP contribution in [0.1, 0.15) is 13.8 Å². The van der Waals surface area contributed by atoms with Crippen LogP contribution in [0.3, 0.4) is 0 Å². The summed E-state index contributed by atoms with van der Waals surface area (Å²) in [5.74, 6) is 2.13. The van der Waals surface area contributed by atoms with Gasteiger partial charge in [-0.1, -0.05) is 12.1 Å². The molecule has 0 aromatic heterocycles. The Morgan fingerprint density at radius 2 is 1.83 bits per heavy atom. The van der Waals surface area contributed by atoms with E-state index in [1.54, 1.807) is 7.11 Å². The lowest BCUT2D eigenvalue weighted by molar-refractivity contribution is 0.145. The number of ether oxygens (including phenoxy) is 2. The maximum absolute atomic E-state index is 5.93. The fourth-order valence-electron chi connectivity index (χ4n) is 1.44. The third kappa shape index (κ3) is 4.07. The summed E-state index contributed by atoms with van der Waals surface area (Å²) in [4.78, 5) is 2.19. The van der Waals surface area contributed by atoms with E-state index in [4.69, 9.17) is 21.1 Å². The first-order valence-corrected chi connectivity index (χ1v) is 6.57. The molecule has 4 heteroatoms. The van der Waals surface area contributed by atoms with Crippen molar-refractivity contribution in [2.24, 2.45) is 0 Å². The van der Waals surface area contributed by atoms with E-state index in [-0.39, 0.29) is 5.54 Å². The van der Waals surface area contributed by atoms with E-state index in [1.807, 2.05) is 31.3 Å². The van der Waals surface area contributed by atoms with Crippen LogP contribution in [0.2, 0.25) is 0 Å². The zero-order valence-corrected chi connectivity index (χ0v) is 12.3. The molecule has 18 heavy (non-hydrogen) atoms. The first-order valence-electron chi connectivity index (χ1n) is 6.04. The standard InChI is InChI=1S/C14H22ClNO2/c1-14(2,11-15)16(3)9-10-18-13-8-6-5-7-12(13)17-4/h5-8H,9-11H2,1-4H3.